The van der Waals surface area contributed by atoms with Crippen LogP contribution < -0.4 is 4.74 Å². The summed E-state index contributed by atoms with van der Waals surface area (Å²) in [6.07, 6.45) is 6.53. The molecule has 0 saturated heterocycles. The van der Waals surface area contributed by atoms with Gasteiger partial charge in [0.25, 0.3) is 0 Å². The number of rotatable bonds is 4. The molecule has 0 spiro atoms. The van der Waals surface area contributed by atoms with Crippen LogP contribution in [0.1, 0.15) is 49.9 Å². The monoisotopic (exact) mass is 368 g/mol. The third-order valence-corrected chi connectivity index (χ3v) is 5.02. The van der Waals surface area contributed by atoms with E-state index >= 15 is 0 Å². The second-order valence-electron chi connectivity index (χ2n) is 6.85. The molecular formula is C20H21ClN4O. The largest absolute Gasteiger partial charge is 0.464 e. The van der Waals surface area contributed by atoms with E-state index in [-0.39, 0.29) is 0 Å². The Labute approximate surface area is 157 Å². The van der Waals surface area contributed by atoms with Crippen molar-refractivity contribution in [2.75, 3.05) is 0 Å². The normalized spacial score (nSPS) is 19.2. The highest BCUT2D eigenvalue weighted by Crippen LogP contribution is 2.39. The summed E-state index contributed by atoms with van der Waals surface area (Å²) >= 11 is 6.46. The van der Waals surface area contributed by atoms with Gasteiger partial charge in [0, 0.05) is 18.2 Å². The van der Waals surface area contributed by atoms with Gasteiger partial charge in [0.05, 0.1) is 11.2 Å². The molecule has 4 rings (SSSR count). The summed E-state index contributed by atoms with van der Waals surface area (Å²) in [5.74, 6) is 0.681. The van der Waals surface area contributed by atoms with E-state index in [2.05, 4.69) is 17.0 Å². The number of imidazole rings is 1. The molecule has 0 bridgehead atoms. The predicted octanol–water partition coefficient (Wildman–Crippen LogP) is 4.83. The van der Waals surface area contributed by atoms with Gasteiger partial charge in [-0.25, -0.2) is 14.5 Å². The Bertz CT molecular complexity index is 1010. The van der Waals surface area contributed by atoms with Crippen molar-refractivity contribution in [3.05, 3.63) is 58.5 Å². The van der Waals surface area contributed by atoms with Gasteiger partial charge >= 0.3 is 0 Å². The van der Waals surface area contributed by atoms with Crippen LogP contribution in [0.15, 0.2) is 41.7 Å². The number of unbranched alkanes of at least 4 members (excludes halogenated alkanes) is 1. The van der Waals surface area contributed by atoms with Gasteiger partial charge in [0.15, 0.2) is 17.1 Å². The Kier molecular flexibility index (Phi) is 4.19. The zero-order valence-electron chi connectivity index (χ0n) is 15.2. The molecule has 0 N–H and O–H groups in total. The van der Waals surface area contributed by atoms with Gasteiger partial charge in [-0.2, -0.15) is 5.10 Å². The van der Waals surface area contributed by atoms with Crippen molar-refractivity contribution in [3.8, 4) is 5.75 Å². The van der Waals surface area contributed by atoms with Gasteiger partial charge in [-0.3, -0.25) is 0 Å². The van der Waals surface area contributed by atoms with Crippen LogP contribution in [0, 0.1) is 6.92 Å². The number of fused-ring (bicyclic) bond motifs is 2. The van der Waals surface area contributed by atoms with Gasteiger partial charge in [-0.1, -0.05) is 31.0 Å². The van der Waals surface area contributed by atoms with E-state index in [9.17, 15) is 0 Å². The lowest BCUT2D eigenvalue weighted by atomic mass is 10.0. The molecule has 0 radical (unpaired) electrons. The maximum Gasteiger partial charge on any atom is 0.198 e. The van der Waals surface area contributed by atoms with Crippen LogP contribution in [0.2, 0.25) is 5.02 Å². The lowest BCUT2D eigenvalue weighted by molar-refractivity contribution is 0.0823. The summed E-state index contributed by atoms with van der Waals surface area (Å²) in [5, 5.41) is 5.08. The van der Waals surface area contributed by atoms with Crippen LogP contribution >= 0.6 is 11.6 Å². The lowest BCUT2D eigenvalue weighted by Gasteiger charge is -2.33. The number of aliphatic imine (C=N–C) groups is 1. The predicted molar refractivity (Wildman–Crippen MR) is 103 cm³/mol. The van der Waals surface area contributed by atoms with E-state index in [0.717, 1.165) is 47.4 Å². The number of para-hydroxylation sites is 1. The van der Waals surface area contributed by atoms with E-state index in [4.69, 9.17) is 21.3 Å². The van der Waals surface area contributed by atoms with Crippen molar-refractivity contribution < 1.29 is 4.74 Å². The molecule has 5 nitrogen and oxygen atoms in total. The van der Waals surface area contributed by atoms with Crippen molar-refractivity contribution in [1.29, 1.82) is 0 Å². The minimum Gasteiger partial charge on any atom is -0.464 e. The summed E-state index contributed by atoms with van der Waals surface area (Å²) in [5.41, 5.74) is 3.78. The van der Waals surface area contributed by atoms with Crippen molar-refractivity contribution in [2.45, 2.75) is 45.8 Å². The summed E-state index contributed by atoms with van der Waals surface area (Å²) < 4.78 is 8.08. The Morgan fingerprint density at radius 1 is 1.27 bits per heavy atom. The maximum absolute atomic E-state index is 6.46. The number of hydrogen-bond donors (Lipinski definition) is 0. The van der Waals surface area contributed by atoms with Gasteiger partial charge in [0.1, 0.15) is 11.4 Å². The topological polar surface area (TPSA) is 51.8 Å². The SMILES string of the molecule is CCCCC1(C)N=C(c2cnc3c(C)ccnn23)c2cccc(Cl)c2O1. The molecule has 1 atom stereocenters. The van der Waals surface area contributed by atoms with Gasteiger partial charge in [0.2, 0.25) is 0 Å². The summed E-state index contributed by atoms with van der Waals surface area (Å²) in [6, 6.07) is 7.69. The molecular weight excluding hydrogens is 348 g/mol. The quantitative estimate of drug-likeness (QED) is 0.662. The standard InChI is InChI=1S/C20H21ClN4O/c1-4-5-10-20(3)24-17(14-7-6-8-15(21)18(14)26-20)16-12-22-19-13(2)9-11-23-25(16)19/h6-9,11-12H,4-5,10H2,1-3H3. The van der Waals surface area contributed by atoms with Crippen LogP contribution in [0.25, 0.3) is 5.65 Å². The molecule has 3 aromatic rings. The van der Waals surface area contributed by atoms with E-state index < -0.39 is 5.72 Å². The third-order valence-electron chi connectivity index (χ3n) is 4.73. The van der Waals surface area contributed by atoms with Crippen molar-refractivity contribution >= 4 is 23.0 Å². The van der Waals surface area contributed by atoms with Crippen molar-refractivity contribution in [3.63, 3.8) is 0 Å². The fourth-order valence-electron chi connectivity index (χ4n) is 3.32. The zero-order chi connectivity index (χ0) is 18.3. The molecule has 3 heterocycles. The first-order valence-electron chi connectivity index (χ1n) is 8.90. The highest BCUT2D eigenvalue weighted by atomic mass is 35.5. The number of halogens is 1. The fraction of sp³-hybridized carbons (Fsp3) is 0.350. The number of aromatic nitrogens is 3. The highest BCUT2D eigenvalue weighted by Gasteiger charge is 2.34. The van der Waals surface area contributed by atoms with Crippen LogP contribution in [0.3, 0.4) is 0 Å². The highest BCUT2D eigenvalue weighted by molar-refractivity contribution is 6.33. The first-order chi connectivity index (χ1) is 12.5. The van der Waals surface area contributed by atoms with Crippen LogP contribution in [0.5, 0.6) is 5.75 Å². The molecule has 0 amide bonds. The molecule has 6 heteroatoms. The molecule has 134 valence electrons. The maximum atomic E-state index is 6.46. The Hall–Kier alpha value is -2.40. The molecule has 26 heavy (non-hydrogen) atoms. The summed E-state index contributed by atoms with van der Waals surface area (Å²) in [7, 11) is 0. The minimum absolute atomic E-state index is 0.593. The van der Waals surface area contributed by atoms with E-state index in [1.54, 1.807) is 6.20 Å². The number of aryl methyl sites for hydroxylation is 1. The van der Waals surface area contributed by atoms with E-state index in [0.29, 0.717) is 10.8 Å². The fourth-order valence-corrected chi connectivity index (χ4v) is 3.54. The lowest BCUT2D eigenvalue weighted by Crippen LogP contribution is -2.36. The minimum atomic E-state index is -0.655. The summed E-state index contributed by atoms with van der Waals surface area (Å²) in [6.45, 7) is 6.20. The van der Waals surface area contributed by atoms with E-state index in [1.807, 2.05) is 48.8 Å². The van der Waals surface area contributed by atoms with Gasteiger partial charge in [-0.05, 0) is 44.0 Å². The smallest absolute Gasteiger partial charge is 0.198 e. The Morgan fingerprint density at radius 3 is 2.92 bits per heavy atom. The van der Waals surface area contributed by atoms with Gasteiger partial charge < -0.3 is 4.74 Å². The number of benzene rings is 1. The third kappa shape index (κ3) is 2.76. The molecule has 1 aliphatic rings. The van der Waals surface area contributed by atoms with E-state index in [1.165, 1.54) is 0 Å². The van der Waals surface area contributed by atoms with Crippen molar-refractivity contribution in [1.82, 2.24) is 14.6 Å². The molecule has 0 saturated carbocycles. The number of nitrogens with zero attached hydrogens (tertiary/aromatic N) is 4. The molecule has 1 unspecified atom stereocenters. The average molecular weight is 369 g/mol. The average Bonchev–Trinajstić information content (AvgIpc) is 3.06. The zero-order valence-corrected chi connectivity index (χ0v) is 15.9. The Morgan fingerprint density at radius 2 is 2.12 bits per heavy atom. The number of hydrogen-bond acceptors (Lipinski definition) is 4. The molecule has 0 aliphatic carbocycles. The van der Waals surface area contributed by atoms with Crippen molar-refractivity contribution in [2.24, 2.45) is 4.99 Å². The first kappa shape index (κ1) is 17.0. The van der Waals surface area contributed by atoms with Crippen LogP contribution in [-0.4, -0.2) is 26.0 Å². The van der Waals surface area contributed by atoms with Crippen LogP contribution in [-0.2, 0) is 0 Å². The second-order valence-corrected chi connectivity index (χ2v) is 7.26. The molecule has 2 aromatic heterocycles. The Balaban J connectivity index is 1.94. The molecule has 1 aromatic carbocycles. The molecule has 1 aliphatic heterocycles. The summed E-state index contributed by atoms with van der Waals surface area (Å²) in [4.78, 5) is 9.54. The van der Waals surface area contributed by atoms with Gasteiger partial charge in [-0.15, -0.1) is 0 Å². The second kappa shape index (κ2) is 6.40. The molecule has 0 fully saturated rings. The van der Waals surface area contributed by atoms with Crippen LogP contribution in [0.4, 0.5) is 0 Å². The number of ether oxygens (including phenoxy) is 1. The first-order valence-corrected chi connectivity index (χ1v) is 9.27.